The predicted octanol–water partition coefficient (Wildman–Crippen LogP) is 1.64. The summed E-state index contributed by atoms with van der Waals surface area (Å²) in [6, 6.07) is -1.02. The summed E-state index contributed by atoms with van der Waals surface area (Å²) in [5.41, 5.74) is 2.36. The molecule has 1 aromatic heterocycles. The average molecular weight is 506 g/mol. The normalized spacial score (nSPS) is 28.1. The first kappa shape index (κ1) is 25.2. The first-order chi connectivity index (χ1) is 16.5. The van der Waals surface area contributed by atoms with Gasteiger partial charge < -0.3 is 25.8 Å². The number of carbonyl (C=O) groups excluding carboxylic acids is 3. The van der Waals surface area contributed by atoms with Gasteiger partial charge in [0.05, 0.1) is 24.4 Å². The molecule has 4 atom stereocenters. The van der Waals surface area contributed by atoms with Gasteiger partial charge in [0, 0.05) is 17.1 Å². The molecular weight excluding hydrogens is 478 g/mol. The molecular formula is C24H28ClN3O7. The van der Waals surface area contributed by atoms with Crippen molar-refractivity contribution in [2.45, 2.75) is 44.2 Å². The Balaban J connectivity index is 1.90. The molecule has 1 amide bonds. The number of ketones is 2. The van der Waals surface area contributed by atoms with Crippen molar-refractivity contribution < 1.29 is 34.4 Å². The number of aliphatic hydroxyl groups excluding tert-OH is 2. The number of Topliss-reactive ketones (excluding diaryl/α,β-unsaturated/α-hetero) is 2. The van der Waals surface area contributed by atoms with Crippen LogP contribution in [0.15, 0.2) is 28.9 Å². The molecule has 0 fully saturated rings. The molecule has 1 heterocycles. The molecule has 0 saturated heterocycles. The summed E-state index contributed by atoms with van der Waals surface area (Å²) in [5.74, 6) is -6.01. The Kier molecular flexibility index (Phi) is 6.41. The molecule has 0 spiro atoms. The second kappa shape index (κ2) is 8.92. The number of hydrogen-bond donors (Lipinski definition) is 4. The largest absolute Gasteiger partial charge is 0.510 e. The molecule has 4 rings (SSSR count). The average Bonchev–Trinajstić information content (AvgIpc) is 2.77. The summed E-state index contributed by atoms with van der Waals surface area (Å²) in [5, 5.41) is 33.8. The fourth-order valence-electron chi connectivity index (χ4n) is 5.53. The van der Waals surface area contributed by atoms with Crippen LogP contribution in [-0.4, -0.2) is 75.0 Å². The van der Waals surface area contributed by atoms with Crippen LogP contribution in [0.4, 0.5) is 0 Å². The fourth-order valence-corrected chi connectivity index (χ4v) is 5.75. The molecule has 0 radical (unpaired) electrons. The van der Waals surface area contributed by atoms with Gasteiger partial charge in [-0.15, -0.1) is 0 Å². The third-order valence-corrected chi connectivity index (χ3v) is 7.49. The Hall–Kier alpha value is -2.95. The number of nitrogens with zero attached hydrogens (tertiary/aromatic N) is 2. The number of ether oxygens (including phenoxy) is 1. The Labute approximate surface area is 207 Å². The van der Waals surface area contributed by atoms with E-state index in [0.717, 1.165) is 12.8 Å². The molecule has 3 aliphatic carbocycles. The molecule has 0 aromatic carbocycles. The third-order valence-electron chi connectivity index (χ3n) is 7.16. The SMILES string of the molecule is CCCCOc1cnc(Cl)c2c1C(=O)C1=C(O)[C@]3(O)C(=O)C(C(N)=O)=C(O)[C@@H](N(C)C)[C@@H]3C[C@@H]1C2. The van der Waals surface area contributed by atoms with Crippen LogP contribution in [0, 0.1) is 11.8 Å². The Morgan fingerprint density at radius 3 is 2.63 bits per heavy atom. The Bertz CT molecular complexity index is 1190. The van der Waals surface area contributed by atoms with Crippen molar-refractivity contribution in [1.29, 1.82) is 0 Å². The third kappa shape index (κ3) is 3.62. The number of unbranched alkanes of at least 4 members (excludes halogenated alkanes) is 1. The van der Waals surface area contributed by atoms with E-state index in [-0.39, 0.29) is 34.9 Å². The molecule has 3 aliphatic rings. The fraction of sp³-hybridized carbons (Fsp3) is 0.500. The maximum Gasteiger partial charge on any atom is 0.255 e. The van der Waals surface area contributed by atoms with Gasteiger partial charge in [-0.3, -0.25) is 19.3 Å². The zero-order valence-corrected chi connectivity index (χ0v) is 20.4. The highest BCUT2D eigenvalue weighted by Gasteiger charge is 2.63. The van der Waals surface area contributed by atoms with Gasteiger partial charge in [-0.25, -0.2) is 4.98 Å². The summed E-state index contributed by atoms with van der Waals surface area (Å²) < 4.78 is 5.77. The van der Waals surface area contributed by atoms with E-state index < -0.39 is 58.0 Å². The summed E-state index contributed by atoms with van der Waals surface area (Å²) in [4.78, 5) is 44.7. The van der Waals surface area contributed by atoms with E-state index in [9.17, 15) is 29.7 Å². The number of allylic oxidation sites excluding steroid dienone is 1. The first-order valence-corrected chi connectivity index (χ1v) is 11.8. The van der Waals surface area contributed by atoms with Crippen LogP contribution in [-0.2, 0) is 16.0 Å². The van der Waals surface area contributed by atoms with Crippen LogP contribution in [0.3, 0.4) is 0 Å². The minimum Gasteiger partial charge on any atom is -0.510 e. The minimum atomic E-state index is -2.62. The molecule has 35 heavy (non-hydrogen) atoms. The lowest BCUT2D eigenvalue weighted by Crippen LogP contribution is -2.63. The van der Waals surface area contributed by atoms with E-state index in [0.29, 0.717) is 12.2 Å². The van der Waals surface area contributed by atoms with Gasteiger partial charge in [-0.05, 0) is 39.3 Å². The van der Waals surface area contributed by atoms with Crippen LogP contribution in [0.5, 0.6) is 5.75 Å². The molecule has 0 bridgehead atoms. The lowest BCUT2D eigenvalue weighted by molar-refractivity contribution is -0.148. The van der Waals surface area contributed by atoms with Gasteiger partial charge >= 0.3 is 0 Å². The summed E-state index contributed by atoms with van der Waals surface area (Å²) >= 11 is 6.34. The lowest BCUT2D eigenvalue weighted by Gasteiger charge is -2.50. The highest BCUT2D eigenvalue weighted by Crippen LogP contribution is 2.52. The van der Waals surface area contributed by atoms with Crippen molar-refractivity contribution >= 4 is 29.1 Å². The number of halogens is 1. The Morgan fingerprint density at radius 1 is 1.34 bits per heavy atom. The van der Waals surface area contributed by atoms with Crippen LogP contribution in [0.2, 0.25) is 5.15 Å². The van der Waals surface area contributed by atoms with Gasteiger partial charge in [-0.1, -0.05) is 24.9 Å². The van der Waals surface area contributed by atoms with Crippen LogP contribution in [0.1, 0.15) is 42.1 Å². The number of nitrogens with two attached hydrogens (primary N) is 1. The second-order valence-electron chi connectivity index (χ2n) is 9.43. The number of likely N-dealkylation sites (N-methyl/N-ethyl adjacent to an activating group) is 1. The van der Waals surface area contributed by atoms with Crippen molar-refractivity contribution in [2.75, 3.05) is 20.7 Å². The molecule has 1 aromatic rings. The number of rotatable bonds is 6. The number of aliphatic hydroxyl groups is 3. The summed E-state index contributed by atoms with van der Waals surface area (Å²) in [6.07, 6.45) is 3.20. The topological polar surface area (TPSA) is 163 Å². The van der Waals surface area contributed by atoms with Gasteiger partial charge in [0.25, 0.3) is 5.91 Å². The van der Waals surface area contributed by atoms with Gasteiger partial charge in [0.15, 0.2) is 11.4 Å². The van der Waals surface area contributed by atoms with Crippen LogP contribution >= 0.6 is 11.6 Å². The summed E-state index contributed by atoms with van der Waals surface area (Å²) in [6.45, 7) is 2.33. The van der Waals surface area contributed by atoms with Gasteiger partial charge in [0.1, 0.15) is 28.0 Å². The number of carbonyl (C=O) groups is 3. The molecule has 10 nitrogen and oxygen atoms in total. The lowest BCUT2D eigenvalue weighted by atomic mass is 9.58. The zero-order valence-electron chi connectivity index (χ0n) is 19.7. The maximum atomic E-state index is 13.7. The van der Waals surface area contributed by atoms with Crippen molar-refractivity contribution in [3.05, 3.63) is 45.1 Å². The molecule has 0 aliphatic heterocycles. The molecule has 0 saturated carbocycles. The van der Waals surface area contributed by atoms with E-state index in [1.54, 1.807) is 14.1 Å². The number of amides is 1. The van der Waals surface area contributed by atoms with Gasteiger partial charge in [0.2, 0.25) is 5.78 Å². The smallest absolute Gasteiger partial charge is 0.255 e. The number of pyridine rings is 1. The minimum absolute atomic E-state index is 0.0447. The van der Waals surface area contributed by atoms with Crippen molar-refractivity contribution in [3.63, 3.8) is 0 Å². The maximum absolute atomic E-state index is 13.7. The first-order valence-electron chi connectivity index (χ1n) is 11.4. The number of aromatic nitrogens is 1. The van der Waals surface area contributed by atoms with E-state index in [1.165, 1.54) is 11.1 Å². The van der Waals surface area contributed by atoms with E-state index in [2.05, 4.69) is 4.98 Å². The molecule has 5 N–H and O–H groups in total. The van der Waals surface area contributed by atoms with E-state index in [1.807, 2.05) is 6.92 Å². The van der Waals surface area contributed by atoms with Gasteiger partial charge in [-0.2, -0.15) is 0 Å². The zero-order chi connectivity index (χ0) is 25.8. The number of fused-ring (bicyclic) bond motifs is 3. The van der Waals surface area contributed by atoms with Crippen LogP contribution in [0.25, 0.3) is 0 Å². The van der Waals surface area contributed by atoms with E-state index >= 15 is 0 Å². The monoisotopic (exact) mass is 505 g/mol. The van der Waals surface area contributed by atoms with E-state index in [4.69, 9.17) is 22.1 Å². The number of primary amides is 1. The predicted molar refractivity (Wildman–Crippen MR) is 125 cm³/mol. The van der Waals surface area contributed by atoms with Crippen molar-refractivity contribution in [2.24, 2.45) is 17.6 Å². The second-order valence-corrected chi connectivity index (χ2v) is 9.79. The molecule has 11 heteroatoms. The van der Waals surface area contributed by atoms with Crippen molar-refractivity contribution in [1.82, 2.24) is 9.88 Å². The number of hydrogen-bond acceptors (Lipinski definition) is 9. The molecule has 188 valence electrons. The standard InChI is InChI=1S/C24H28ClN3O7/c1-4-5-6-35-13-9-27-22(25)11-7-10-8-12-17(28(2)3)19(30)16(23(26)33)21(32)24(12,34)20(31)14(10)18(29)15(11)13/h9-10,12,17,30-31,34H,4-8H2,1-3H3,(H2,26,33)/t10-,12-,17-,24-/m0/s1. The summed E-state index contributed by atoms with van der Waals surface area (Å²) in [7, 11) is 3.18. The Morgan fingerprint density at radius 2 is 2.03 bits per heavy atom. The van der Waals surface area contributed by atoms with Crippen LogP contribution < -0.4 is 10.5 Å². The van der Waals surface area contributed by atoms with Crippen molar-refractivity contribution in [3.8, 4) is 5.75 Å². The molecule has 0 unspecified atom stereocenters. The highest BCUT2D eigenvalue weighted by molar-refractivity contribution is 6.31. The quantitative estimate of drug-likeness (QED) is 0.255. The highest BCUT2D eigenvalue weighted by atomic mass is 35.5.